The lowest BCUT2D eigenvalue weighted by atomic mass is 10.2. The maximum absolute atomic E-state index is 12.1. The highest BCUT2D eigenvalue weighted by Gasteiger charge is 2.13. The first-order chi connectivity index (χ1) is 10.0. The van der Waals surface area contributed by atoms with Gasteiger partial charge in [-0.3, -0.25) is 4.79 Å². The second-order valence-electron chi connectivity index (χ2n) is 5.81. The molecule has 0 bridgehead atoms. The molecule has 0 aliphatic heterocycles. The van der Waals surface area contributed by atoms with Crippen molar-refractivity contribution >= 4 is 22.6 Å². The third kappa shape index (κ3) is 3.74. The van der Waals surface area contributed by atoms with E-state index in [0.717, 1.165) is 29.7 Å². The van der Waals surface area contributed by atoms with E-state index in [1.54, 1.807) is 0 Å². The number of carbonyl (C=O) groups is 1. The second kappa shape index (κ2) is 6.61. The fraction of sp³-hybridized carbons (Fsp3) is 0.500. The number of benzene rings is 1. The zero-order valence-corrected chi connectivity index (χ0v) is 13.0. The van der Waals surface area contributed by atoms with Crippen LogP contribution in [0.15, 0.2) is 18.2 Å². The molecule has 0 saturated carbocycles. The van der Waals surface area contributed by atoms with Gasteiger partial charge in [-0.2, -0.15) is 0 Å². The molecule has 0 aliphatic carbocycles. The second-order valence-corrected chi connectivity index (χ2v) is 5.81. The normalized spacial score (nSPS) is 11.2. The summed E-state index contributed by atoms with van der Waals surface area (Å²) in [6, 6.07) is 5.64. The number of fused-ring (bicyclic) bond motifs is 1. The molecule has 0 unspecified atom stereocenters. The summed E-state index contributed by atoms with van der Waals surface area (Å²) in [6.45, 7) is 7.28. The summed E-state index contributed by atoms with van der Waals surface area (Å²) in [6.07, 6.45) is 1.85. The van der Waals surface area contributed by atoms with Gasteiger partial charge in [-0.25, -0.2) is 4.98 Å². The van der Waals surface area contributed by atoms with Crippen LogP contribution in [0.25, 0.3) is 11.0 Å². The van der Waals surface area contributed by atoms with Gasteiger partial charge in [-0.15, -0.1) is 0 Å². The molecular weight excluding hydrogens is 264 g/mol. The van der Waals surface area contributed by atoms with E-state index in [1.165, 1.54) is 0 Å². The Kier molecular flexibility index (Phi) is 4.83. The molecule has 1 aromatic heterocycles. The van der Waals surface area contributed by atoms with E-state index in [2.05, 4.69) is 31.1 Å². The van der Waals surface area contributed by atoms with Gasteiger partial charge in [-0.1, -0.05) is 20.8 Å². The van der Waals surface area contributed by atoms with Gasteiger partial charge in [0.05, 0.1) is 11.0 Å². The number of hydrogen-bond acceptors (Lipinski definition) is 3. The van der Waals surface area contributed by atoms with E-state index >= 15 is 0 Å². The van der Waals surface area contributed by atoms with Crippen LogP contribution in [0.4, 0.5) is 5.69 Å². The minimum Gasteiger partial charge on any atom is -0.399 e. The largest absolute Gasteiger partial charge is 0.399 e. The Labute approximate surface area is 125 Å². The Morgan fingerprint density at radius 3 is 2.86 bits per heavy atom. The van der Waals surface area contributed by atoms with Crippen molar-refractivity contribution in [3.05, 3.63) is 24.0 Å². The number of nitrogens with zero attached hydrogens (tertiary/aromatic N) is 2. The Morgan fingerprint density at radius 2 is 2.19 bits per heavy atom. The van der Waals surface area contributed by atoms with Gasteiger partial charge in [-0.05, 0) is 30.5 Å². The minimum atomic E-state index is 0.0252. The minimum absolute atomic E-state index is 0.0252. The zero-order chi connectivity index (χ0) is 15.4. The van der Waals surface area contributed by atoms with Crippen molar-refractivity contribution < 1.29 is 4.79 Å². The maximum Gasteiger partial charge on any atom is 0.240 e. The van der Waals surface area contributed by atoms with E-state index in [-0.39, 0.29) is 5.91 Å². The first kappa shape index (κ1) is 15.4. The number of imidazole rings is 1. The highest BCUT2D eigenvalue weighted by atomic mass is 16.1. The first-order valence-corrected chi connectivity index (χ1v) is 7.52. The van der Waals surface area contributed by atoms with E-state index < -0.39 is 0 Å². The summed E-state index contributed by atoms with van der Waals surface area (Å²) in [5.41, 5.74) is 8.33. The number of aromatic nitrogens is 2. The molecule has 1 heterocycles. The molecule has 5 nitrogen and oxygen atoms in total. The van der Waals surface area contributed by atoms with Crippen molar-refractivity contribution in [2.75, 3.05) is 12.3 Å². The predicted octanol–water partition coefficient (Wildman–Crippen LogP) is 2.34. The fourth-order valence-corrected chi connectivity index (χ4v) is 2.31. The van der Waals surface area contributed by atoms with Gasteiger partial charge in [0.15, 0.2) is 0 Å². The molecule has 0 spiro atoms. The van der Waals surface area contributed by atoms with Crippen LogP contribution >= 0.6 is 0 Å². The summed E-state index contributed by atoms with van der Waals surface area (Å²) >= 11 is 0. The van der Waals surface area contributed by atoms with Gasteiger partial charge in [0.2, 0.25) is 5.91 Å². The van der Waals surface area contributed by atoms with Crippen LogP contribution in [0.5, 0.6) is 0 Å². The Morgan fingerprint density at radius 1 is 1.43 bits per heavy atom. The maximum atomic E-state index is 12.1. The van der Waals surface area contributed by atoms with Gasteiger partial charge >= 0.3 is 0 Å². The SMILES string of the molecule is CCCc1nc2cc(N)ccc2n1CC(=O)NCC(C)C. The smallest absolute Gasteiger partial charge is 0.240 e. The number of rotatable bonds is 6. The Balaban J connectivity index is 2.27. The van der Waals surface area contributed by atoms with Gasteiger partial charge < -0.3 is 15.6 Å². The molecule has 0 fully saturated rings. The van der Waals surface area contributed by atoms with Crippen molar-refractivity contribution in [2.24, 2.45) is 5.92 Å². The number of nitrogens with one attached hydrogen (secondary N) is 1. The summed E-state index contributed by atoms with van der Waals surface area (Å²) < 4.78 is 1.99. The molecule has 1 amide bonds. The lowest BCUT2D eigenvalue weighted by Crippen LogP contribution is -2.31. The lowest BCUT2D eigenvalue weighted by molar-refractivity contribution is -0.121. The third-order valence-corrected chi connectivity index (χ3v) is 3.33. The molecule has 1 aromatic carbocycles. The van der Waals surface area contributed by atoms with Gasteiger partial charge in [0.1, 0.15) is 12.4 Å². The molecule has 5 heteroatoms. The summed E-state index contributed by atoms with van der Waals surface area (Å²) in [4.78, 5) is 16.7. The monoisotopic (exact) mass is 288 g/mol. The molecule has 0 aliphatic rings. The number of aryl methyl sites for hydroxylation is 1. The van der Waals surface area contributed by atoms with Crippen molar-refractivity contribution in [3.63, 3.8) is 0 Å². The average molecular weight is 288 g/mol. The highest BCUT2D eigenvalue weighted by molar-refractivity contribution is 5.83. The van der Waals surface area contributed by atoms with Crippen LogP contribution in [-0.2, 0) is 17.8 Å². The lowest BCUT2D eigenvalue weighted by Gasteiger charge is -2.11. The molecule has 2 aromatic rings. The van der Waals surface area contributed by atoms with Crippen LogP contribution < -0.4 is 11.1 Å². The molecule has 0 saturated heterocycles. The molecule has 0 atom stereocenters. The van der Waals surface area contributed by atoms with Crippen molar-refractivity contribution in [2.45, 2.75) is 40.2 Å². The third-order valence-electron chi connectivity index (χ3n) is 3.33. The van der Waals surface area contributed by atoms with Crippen LogP contribution in [0.3, 0.4) is 0 Å². The number of nitrogen functional groups attached to an aromatic ring is 1. The van der Waals surface area contributed by atoms with Crippen LogP contribution in [0.1, 0.15) is 33.0 Å². The van der Waals surface area contributed by atoms with Gasteiger partial charge in [0.25, 0.3) is 0 Å². The number of anilines is 1. The Hall–Kier alpha value is -2.04. The molecule has 114 valence electrons. The number of nitrogens with two attached hydrogens (primary N) is 1. The van der Waals surface area contributed by atoms with Crippen LogP contribution in [0.2, 0.25) is 0 Å². The van der Waals surface area contributed by atoms with Crippen molar-refractivity contribution in [1.29, 1.82) is 0 Å². The molecule has 0 radical (unpaired) electrons. The zero-order valence-electron chi connectivity index (χ0n) is 13.0. The van der Waals surface area contributed by atoms with E-state index in [9.17, 15) is 4.79 Å². The van der Waals surface area contributed by atoms with E-state index in [4.69, 9.17) is 5.73 Å². The Bertz CT molecular complexity index is 630. The summed E-state index contributed by atoms with van der Waals surface area (Å²) in [5, 5.41) is 2.95. The van der Waals surface area contributed by atoms with E-state index in [1.807, 2.05) is 22.8 Å². The van der Waals surface area contributed by atoms with Crippen LogP contribution in [-0.4, -0.2) is 22.0 Å². The number of amides is 1. The summed E-state index contributed by atoms with van der Waals surface area (Å²) in [7, 11) is 0. The molecular formula is C16H24N4O. The van der Waals surface area contributed by atoms with Crippen LogP contribution in [0, 0.1) is 5.92 Å². The van der Waals surface area contributed by atoms with Crippen molar-refractivity contribution in [1.82, 2.24) is 14.9 Å². The predicted molar refractivity (Wildman–Crippen MR) is 86.0 cm³/mol. The molecule has 3 N–H and O–H groups in total. The quantitative estimate of drug-likeness (QED) is 0.801. The van der Waals surface area contributed by atoms with E-state index in [0.29, 0.717) is 24.7 Å². The highest BCUT2D eigenvalue weighted by Crippen LogP contribution is 2.20. The van der Waals surface area contributed by atoms with Crippen molar-refractivity contribution in [3.8, 4) is 0 Å². The van der Waals surface area contributed by atoms with Gasteiger partial charge in [0, 0.05) is 18.7 Å². The standard InChI is InChI=1S/C16H24N4O/c1-4-5-15-19-13-8-12(17)6-7-14(13)20(15)10-16(21)18-9-11(2)3/h6-8,11H,4-5,9-10,17H2,1-3H3,(H,18,21). The summed E-state index contributed by atoms with van der Waals surface area (Å²) in [5.74, 6) is 1.42. The number of hydrogen-bond donors (Lipinski definition) is 2. The molecule has 21 heavy (non-hydrogen) atoms. The topological polar surface area (TPSA) is 72.9 Å². The average Bonchev–Trinajstić information content (AvgIpc) is 2.74. The molecule has 2 rings (SSSR count). The number of carbonyl (C=O) groups excluding carboxylic acids is 1. The first-order valence-electron chi connectivity index (χ1n) is 7.52. The fourth-order valence-electron chi connectivity index (χ4n) is 2.31.